The highest BCUT2D eigenvalue weighted by Crippen LogP contribution is 2.27. The molecule has 0 unspecified atom stereocenters. The van der Waals surface area contributed by atoms with Gasteiger partial charge in [0.15, 0.2) is 0 Å². The molecule has 0 saturated carbocycles. The summed E-state index contributed by atoms with van der Waals surface area (Å²) in [5, 5.41) is 1.17. The molecule has 2 heterocycles. The summed E-state index contributed by atoms with van der Waals surface area (Å²) in [4.78, 5) is 4.10. The second-order valence-electron chi connectivity index (χ2n) is 3.41. The van der Waals surface area contributed by atoms with Crippen molar-refractivity contribution < 1.29 is 4.74 Å². The highest BCUT2D eigenvalue weighted by Gasteiger charge is 2.06. The first kappa shape index (κ1) is 8.29. The molecule has 1 aromatic carbocycles. The maximum Gasteiger partial charge on any atom is 0.143 e. The Morgan fingerprint density at radius 1 is 1.33 bits per heavy atom. The molecule has 0 fully saturated rings. The summed E-state index contributed by atoms with van der Waals surface area (Å²) in [6, 6.07) is 8.14. The molecule has 0 N–H and O–H groups in total. The molecular formula is C12H10N2O. The quantitative estimate of drug-likeness (QED) is 0.600. The van der Waals surface area contributed by atoms with Gasteiger partial charge in [-0.05, 0) is 12.1 Å². The van der Waals surface area contributed by atoms with Crippen molar-refractivity contribution in [1.82, 2.24) is 9.38 Å². The molecule has 3 aromatic rings. The van der Waals surface area contributed by atoms with Crippen LogP contribution in [0.2, 0.25) is 0 Å². The lowest BCUT2D eigenvalue weighted by Crippen LogP contribution is -1.88. The number of hydrogen-bond acceptors (Lipinski definition) is 2. The third kappa shape index (κ3) is 1.09. The SMILES string of the molecule is COc1cccc2cc3cnccn3c12. The third-order valence-corrected chi connectivity index (χ3v) is 2.58. The summed E-state index contributed by atoms with van der Waals surface area (Å²) in [5.74, 6) is 0.888. The van der Waals surface area contributed by atoms with Crippen molar-refractivity contribution in [2.24, 2.45) is 0 Å². The lowest BCUT2D eigenvalue weighted by Gasteiger charge is -2.02. The molecule has 3 rings (SSSR count). The summed E-state index contributed by atoms with van der Waals surface area (Å²) in [7, 11) is 1.69. The van der Waals surface area contributed by atoms with E-state index in [-0.39, 0.29) is 0 Å². The Bertz CT molecular complexity index is 628. The van der Waals surface area contributed by atoms with Crippen molar-refractivity contribution in [3.05, 3.63) is 42.9 Å². The van der Waals surface area contributed by atoms with E-state index in [4.69, 9.17) is 4.74 Å². The van der Waals surface area contributed by atoms with E-state index in [2.05, 4.69) is 21.5 Å². The molecule has 0 spiro atoms. The zero-order valence-corrected chi connectivity index (χ0v) is 8.34. The highest BCUT2D eigenvalue weighted by atomic mass is 16.5. The van der Waals surface area contributed by atoms with Gasteiger partial charge in [0.05, 0.1) is 24.3 Å². The molecule has 0 atom stereocenters. The normalized spacial score (nSPS) is 11.0. The van der Waals surface area contributed by atoms with E-state index in [0.29, 0.717) is 0 Å². The molecule has 74 valence electrons. The van der Waals surface area contributed by atoms with Gasteiger partial charge in [-0.1, -0.05) is 12.1 Å². The van der Waals surface area contributed by atoms with Crippen LogP contribution in [0, 0.1) is 0 Å². The van der Waals surface area contributed by atoms with Crippen molar-refractivity contribution >= 4 is 16.4 Å². The number of rotatable bonds is 1. The molecular weight excluding hydrogens is 188 g/mol. The summed E-state index contributed by atoms with van der Waals surface area (Å²) in [5.41, 5.74) is 2.18. The van der Waals surface area contributed by atoms with E-state index in [0.717, 1.165) is 16.8 Å². The Labute approximate surface area is 86.9 Å². The maximum absolute atomic E-state index is 5.35. The van der Waals surface area contributed by atoms with Gasteiger partial charge in [0.1, 0.15) is 5.75 Å². The topological polar surface area (TPSA) is 26.5 Å². The largest absolute Gasteiger partial charge is 0.495 e. The summed E-state index contributed by atoms with van der Waals surface area (Å²) in [6.07, 6.45) is 5.57. The van der Waals surface area contributed by atoms with Crippen LogP contribution in [0.1, 0.15) is 0 Å². The predicted octanol–water partition coefficient (Wildman–Crippen LogP) is 2.50. The molecule has 0 aliphatic heterocycles. The summed E-state index contributed by atoms with van der Waals surface area (Å²) in [6.45, 7) is 0. The van der Waals surface area contributed by atoms with Crippen LogP contribution in [-0.4, -0.2) is 16.5 Å². The standard InChI is InChI=1S/C12H10N2O/c1-15-11-4-2-3-9-7-10-8-13-5-6-14(10)12(9)11/h2-8H,1H3. The van der Waals surface area contributed by atoms with Crippen LogP contribution in [-0.2, 0) is 0 Å². The Morgan fingerprint density at radius 2 is 2.27 bits per heavy atom. The van der Waals surface area contributed by atoms with Crippen molar-refractivity contribution in [3.63, 3.8) is 0 Å². The van der Waals surface area contributed by atoms with E-state index in [1.54, 1.807) is 13.3 Å². The van der Waals surface area contributed by atoms with Crippen LogP contribution in [0.5, 0.6) is 5.75 Å². The Hall–Kier alpha value is -2.03. The number of para-hydroxylation sites is 1. The second-order valence-corrected chi connectivity index (χ2v) is 3.41. The smallest absolute Gasteiger partial charge is 0.143 e. The van der Waals surface area contributed by atoms with Gasteiger partial charge in [-0.3, -0.25) is 4.98 Å². The number of hydrogen-bond donors (Lipinski definition) is 0. The third-order valence-electron chi connectivity index (χ3n) is 2.58. The van der Waals surface area contributed by atoms with E-state index < -0.39 is 0 Å². The van der Waals surface area contributed by atoms with Crippen LogP contribution in [0.4, 0.5) is 0 Å². The fourth-order valence-corrected chi connectivity index (χ4v) is 1.92. The Morgan fingerprint density at radius 3 is 3.13 bits per heavy atom. The lowest BCUT2D eigenvalue weighted by molar-refractivity contribution is 0.418. The molecule has 0 radical (unpaired) electrons. The Balaban J connectivity index is 2.56. The van der Waals surface area contributed by atoms with E-state index >= 15 is 0 Å². The van der Waals surface area contributed by atoms with Gasteiger partial charge in [-0.2, -0.15) is 0 Å². The first-order valence-corrected chi connectivity index (χ1v) is 4.78. The van der Waals surface area contributed by atoms with Crippen molar-refractivity contribution in [2.75, 3.05) is 7.11 Å². The molecule has 15 heavy (non-hydrogen) atoms. The van der Waals surface area contributed by atoms with E-state index in [1.807, 2.05) is 24.5 Å². The zero-order chi connectivity index (χ0) is 10.3. The fourth-order valence-electron chi connectivity index (χ4n) is 1.92. The average Bonchev–Trinajstić information content (AvgIpc) is 2.67. The number of fused-ring (bicyclic) bond motifs is 3. The minimum atomic E-state index is 0.888. The van der Waals surface area contributed by atoms with Crippen molar-refractivity contribution in [3.8, 4) is 5.75 Å². The van der Waals surface area contributed by atoms with Crippen molar-refractivity contribution in [2.45, 2.75) is 0 Å². The number of benzene rings is 1. The molecule has 0 aliphatic rings. The number of aromatic nitrogens is 2. The van der Waals surface area contributed by atoms with Crippen LogP contribution >= 0.6 is 0 Å². The first-order chi connectivity index (χ1) is 7.40. The molecule has 3 heteroatoms. The fraction of sp³-hybridized carbons (Fsp3) is 0.0833. The Kier molecular flexibility index (Phi) is 1.65. The maximum atomic E-state index is 5.35. The van der Waals surface area contributed by atoms with Gasteiger partial charge in [0.2, 0.25) is 0 Å². The van der Waals surface area contributed by atoms with Gasteiger partial charge >= 0.3 is 0 Å². The minimum Gasteiger partial charge on any atom is -0.495 e. The van der Waals surface area contributed by atoms with Crippen LogP contribution in [0.15, 0.2) is 42.9 Å². The number of nitrogens with zero attached hydrogens (tertiary/aromatic N) is 2. The van der Waals surface area contributed by atoms with E-state index in [1.165, 1.54) is 5.39 Å². The molecule has 0 aliphatic carbocycles. The molecule has 0 amide bonds. The van der Waals surface area contributed by atoms with Gasteiger partial charge in [-0.25, -0.2) is 0 Å². The zero-order valence-electron chi connectivity index (χ0n) is 8.34. The number of methoxy groups -OCH3 is 1. The van der Waals surface area contributed by atoms with Crippen LogP contribution in [0.3, 0.4) is 0 Å². The number of ether oxygens (including phenoxy) is 1. The van der Waals surface area contributed by atoms with Gasteiger partial charge in [0.25, 0.3) is 0 Å². The average molecular weight is 198 g/mol. The minimum absolute atomic E-state index is 0.888. The van der Waals surface area contributed by atoms with Crippen molar-refractivity contribution in [1.29, 1.82) is 0 Å². The monoisotopic (exact) mass is 198 g/mol. The first-order valence-electron chi connectivity index (χ1n) is 4.78. The van der Waals surface area contributed by atoms with Crippen LogP contribution < -0.4 is 4.74 Å². The summed E-state index contributed by atoms with van der Waals surface area (Å²) < 4.78 is 7.44. The van der Waals surface area contributed by atoms with E-state index in [9.17, 15) is 0 Å². The summed E-state index contributed by atoms with van der Waals surface area (Å²) >= 11 is 0. The predicted molar refractivity (Wildman–Crippen MR) is 59.3 cm³/mol. The second kappa shape index (κ2) is 2.98. The highest BCUT2D eigenvalue weighted by molar-refractivity contribution is 5.91. The molecule has 3 nitrogen and oxygen atoms in total. The molecule has 0 bridgehead atoms. The van der Waals surface area contributed by atoms with Gasteiger partial charge in [-0.15, -0.1) is 0 Å². The van der Waals surface area contributed by atoms with Crippen LogP contribution in [0.25, 0.3) is 16.4 Å². The lowest BCUT2D eigenvalue weighted by atomic mass is 10.2. The molecule has 0 saturated heterocycles. The molecule has 2 aromatic heterocycles. The van der Waals surface area contributed by atoms with Gasteiger partial charge in [0, 0.05) is 17.8 Å². The van der Waals surface area contributed by atoms with Gasteiger partial charge < -0.3 is 9.14 Å².